The molecule has 1 spiro atoms. The number of para-hydroxylation sites is 2. The van der Waals surface area contributed by atoms with E-state index in [-0.39, 0.29) is 18.5 Å². The number of hydrogen-bond acceptors (Lipinski definition) is 5. The van der Waals surface area contributed by atoms with E-state index >= 15 is 0 Å². The Kier molecular flexibility index (Phi) is 3.23. The maximum atomic E-state index is 12.7. The molecule has 23 heavy (non-hydrogen) atoms. The number of aromatic nitrogens is 2. The van der Waals surface area contributed by atoms with Crippen molar-refractivity contribution >= 4 is 23.0 Å². The van der Waals surface area contributed by atoms with Gasteiger partial charge in [0.1, 0.15) is 5.54 Å². The molecule has 1 aromatic carbocycles. The van der Waals surface area contributed by atoms with Crippen molar-refractivity contribution < 1.29 is 14.3 Å². The number of ether oxygens (including phenoxy) is 1. The summed E-state index contributed by atoms with van der Waals surface area (Å²) in [6, 6.07) is 7.13. The van der Waals surface area contributed by atoms with Crippen LogP contribution in [-0.4, -0.2) is 45.6 Å². The van der Waals surface area contributed by atoms with Crippen molar-refractivity contribution in [1.29, 1.82) is 0 Å². The van der Waals surface area contributed by atoms with Crippen LogP contribution in [0.2, 0.25) is 0 Å². The first-order chi connectivity index (χ1) is 11.2. The van der Waals surface area contributed by atoms with E-state index < -0.39 is 5.54 Å². The quantitative estimate of drug-likeness (QED) is 0.843. The molecule has 2 fully saturated rings. The van der Waals surface area contributed by atoms with Gasteiger partial charge in [-0.05, 0) is 12.1 Å². The summed E-state index contributed by atoms with van der Waals surface area (Å²) in [5, 5.41) is 2.84. The van der Waals surface area contributed by atoms with Crippen LogP contribution < -0.4 is 5.32 Å². The topological polar surface area (TPSA) is 84.4 Å². The summed E-state index contributed by atoms with van der Waals surface area (Å²) in [5.74, 6) is -0.194. The third kappa shape index (κ3) is 2.33. The Morgan fingerprint density at radius 1 is 1.17 bits per heavy atom. The molecular weight excluding hydrogens is 296 g/mol. The first-order valence-electron chi connectivity index (χ1n) is 7.60. The number of carbonyl (C=O) groups is 2. The lowest BCUT2D eigenvalue weighted by Crippen LogP contribution is -2.51. The summed E-state index contributed by atoms with van der Waals surface area (Å²) >= 11 is 0. The van der Waals surface area contributed by atoms with E-state index in [0.29, 0.717) is 31.7 Å². The number of amides is 3. The summed E-state index contributed by atoms with van der Waals surface area (Å²) in [7, 11) is 0. The summed E-state index contributed by atoms with van der Waals surface area (Å²) in [6.45, 7) is 1.09. The van der Waals surface area contributed by atoms with E-state index in [1.165, 1.54) is 4.90 Å². The van der Waals surface area contributed by atoms with Gasteiger partial charge in [0.05, 0.1) is 29.5 Å². The van der Waals surface area contributed by atoms with Gasteiger partial charge < -0.3 is 10.1 Å². The highest BCUT2D eigenvalue weighted by Gasteiger charge is 2.51. The zero-order valence-electron chi connectivity index (χ0n) is 12.5. The summed E-state index contributed by atoms with van der Waals surface area (Å²) in [5.41, 5.74) is 1.32. The van der Waals surface area contributed by atoms with Gasteiger partial charge in [-0.15, -0.1) is 0 Å². The van der Waals surface area contributed by atoms with Crippen LogP contribution in [0.4, 0.5) is 4.79 Å². The van der Waals surface area contributed by atoms with Gasteiger partial charge in [0.2, 0.25) is 0 Å². The fourth-order valence-corrected chi connectivity index (χ4v) is 3.11. The molecule has 2 aromatic rings. The lowest BCUT2D eigenvalue weighted by molar-refractivity contribution is -0.134. The molecule has 0 aliphatic carbocycles. The molecule has 2 saturated heterocycles. The predicted octanol–water partition coefficient (Wildman–Crippen LogP) is 1.23. The third-order valence-corrected chi connectivity index (χ3v) is 4.41. The fraction of sp³-hybridized carbons (Fsp3) is 0.375. The second-order valence-corrected chi connectivity index (χ2v) is 5.87. The van der Waals surface area contributed by atoms with E-state index in [9.17, 15) is 9.59 Å². The Morgan fingerprint density at radius 3 is 2.70 bits per heavy atom. The van der Waals surface area contributed by atoms with Crippen LogP contribution in [0.5, 0.6) is 0 Å². The van der Waals surface area contributed by atoms with E-state index in [2.05, 4.69) is 15.3 Å². The van der Waals surface area contributed by atoms with Crippen LogP contribution in [0.3, 0.4) is 0 Å². The smallest absolute Gasteiger partial charge is 0.325 e. The SMILES string of the molecule is O=C1NC2(CCOCC2)C(=O)N1Cc1cnc2ccccc2n1. The maximum absolute atomic E-state index is 12.7. The molecular formula is C16H16N4O3. The van der Waals surface area contributed by atoms with Crippen molar-refractivity contribution in [3.63, 3.8) is 0 Å². The summed E-state index contributed by atoms with van der Waals surface area (Å²) in [6.07, 6.45) is 2.63. The summed E-state index contributed by atoms with van der Waals surface area (Å²) < 4.78 is 5.30. The molecule has 0 saturated carbocycles. The lowest BCUT2D eigenvalue weighted by Gasteiger charge is -2.30. The van der Waals surface area contributed by atoms with Gasteiger partial charge in [-0.1, -0.05) is 12.1 Å². The lowest BCUT2D eigenvalue weighted by atomic mass is 9.90. The normalized spacial score (nSPS) is 20.3. The largest absolute Gasteiger partial charge is 0.381 e. The Balaban J connectivity index is 1.60. The van der Waals surface area contributed by atoms with Gasteiger partial charge in [-0.25, -0.2) is 9.78 Å². The van der Waals surface area contributed by atoms with Gasteiger partial charge >= 0.3 is 6.03 Å². The molecule has 0 atom stereocenters. The molecule has 4 rings (SSSR count). The Hall–Kier alpha value is -2.54. The number of benzene rings is 1. The first kappa shape index (κ1) is 14.1. The highest BCUT2D eigenvalue weighted by atomic mass is 16.5. The van der Waals surface area contributed by atoms with E-state index in [4.69, 9.17) is 4.74 Å². The minimum absolute atomic E-state index is 0.130. The summed E-state index contributed by atoms with van der Waals surface area (Å²) in [4.78, 5) is 35.0. The molecule has 2 aliphatic heterocycles. The number of urea groups is 1. The molecule has 1 N–H and O–H groups in total. The van der Waals surface area contributed by atoms with Crippen molar-refractivity contribution in [3.05, 3.63) is 36.2 Å². The number of carbonyl (C=O) groups excluding carboxylic acids is 2. The molecule has 2 aliphatic rings. The van der Waals surface area contributed by atoms with Gasteiger partial charge in [-0.3, -0.25) is 14.7 Å². The number of nitrogens with one attached hydrogen (secondary N) is 1. The molecule has 1 aromatic heterocycles. The van der Waals surface area contributed by atoms with Crippen molar-refractivity contribution in [3.8, 4) is 0 Å². The maximum Gasteiger partial charge on any atom is 0.325 e. The predicted molar refractivity (Wildman–Crippen MR) is 81.4 cm³/mol. The average Bonchev–Trinajstić information content (AvgIpc) is 2.80. The number of hydrogen-bond donors (Lipinski definition) is 1. The molecule has 7 heteroatoms. The average molecular weight is 312 g/mol. The third-order valence-electron chi connectivity index (χ3n) is 4.41. The molecule has 0 unspecified atom stereocenters. The Bertz CT molecular complexity index is 786. The molecule has 118 valence electrons. The Labute approximate surface area is 132 Å². The first-order valence-corrected chi connectivity index (χ1v) is 7.60. The molecule has 0 radical (unpaired) electrons. The van der Waals surface area contributed by atoms with Crippen molar-refractivity contribution in [2.24, 2.45) is 0 Å². The van der Waals surface area contributed by atoms with E-state index in [1.807, 2.05) is 24.3 Å². The Morgan fingerprint density at radius 2 is 1.91 bits per heavy atom. The van der Waals surface area contributed by atoms with Gasteiger partial charge in [-0.2, -0.15) is 0 Å². The number of nitrogens with zero attached hydrogens (tertiary/aromatic N) is 3. The fourth-order valence-electron chi connectivity index (χ4n) is 3.11. The van der Waals surface area contributed by atoms with Gasteiger partial charge in [0.15, 0.2) is 0 Å². The van der Waals surface area contributed by atoms with Crippen molar-refractivity contribution in [1.82, 2.24) is 20.2 Å². The second kappa shape index (κ2) is 5.27. The molecule has 7 nitrogen and oxygen atoms in total. The van der Waals surface area contributed by atoms with Gasteiger partial charge in [0, 0.05) is 26.1 Å². The van der Waals surface area contributed by atoms with Crippen LogP contribution in [0.25, 0.3) is 11.0 Å². The van der Waals surface area contributed by atoms with Crippen LogP contribution in [0, 0.1) is 0 Å². The van der Waals surface area contributed by atoms with E-state index in [0.717, 1.165) is 11.0 Å². The molecule has 3 heterocycles. The minimum Gasteiger partial charge on any atom is -0.381 e. The highest BCUT2D eigenvalue weighted by Crippen LogP contribution is 2.29. The van der Waals surface area contributed by atoms with E-state index in [1.54, 1.807) is 6.20 Å². The molecule has 3 amide bonds. The van der Waals surface area contributed by atoms with Crippen LogP contribution in [0.1, 0.15) is 18.5 Å². The van der Waals surface area contributed by atoms with Crippen molar-refractivity contribution in [2.45, 2.75) is 24.9 Å². The van der Waals surface area contributed by atoms with Gasteiger partial charge in [0.25, 0.3) is 5.91 Å². The standard InChI is InChI=1S/C16H16N4O3/c21-14-16(5-7-23-8-6-16)19-15(22)20(14)10-11-9-17-12-3-1-2-4-13(12)18-11/h1-4,9H,5-8,10H2,(H,19,22). The van der Waals surface area contributed by atoms with Crippen molar-refractivity contribution in [2.75, 3.05) is 13.2 Å². The number of fused-ring (bicyclic) bond motifs is 1. The van der Waals surface area contributed by atoms with Crippen LogP contribution >= 0.6 is 0 Å². The monoisotopic (exact) mass is 312 g/mol. The molecule has 0 bridgehead atoms. The highest BCUT2D eigenvalue weighted by molar-refractivity contribution is 6.07. The number of rotatable bonds is 2. The zero-order chi connectivity index (χ0) is 15.9. The zero-order valence-corrected chi connectivity index (χ0v) is 12.5. The minimum atomic E-state index is -0.806. The van der Waals surface area contributed by atoms with Crippen LogP contribution in [0.15, 0.2) is 30.5 Å². The second-order valence-electron chi connectivity index (χ2n) is 5.87. The number of imide groups is 1. The van der Waals surface area contributed by atoms with Crippen LogP contribution in [-0.2, 0) is 16.1 Å².